The predicted molar refractivity (Wildman–Crippen MR) is 282 cm³/mol. The van der Waals surface area contributed by atoms with Crippen LogP contribution in [0.15, 0.2) is 0 Å². The molecule has 7 aliphatic rings. The molecule has 22 N–H and O–H groups in total. The third kappa shape index (κ3) is 16.5. The van der Waals surface area contributed by atoms with Crippen molar-refractivity contribution in [1.82, 2.24) is 21.3 Å². The predicted octanol–water partition coefficient (Wildman–Crippen LogP) is -14.6. The second-order valence-corrected chi connectivity index (χ2v) is 22.9. The first-order valence-electron chi connectivity index (χ1n) is 28.9. The highest BCUT2D eigenvalue weighted by molar-refractivity contribution is 5.74. The van der Waals surface area contributed by atoms with Crippen LogP contribution in [0.5, 0.6) is 0 Å². The van der Waals surface area contributed by atoms with Crippen molar-refractivity contribution in [3.63, 3.8) is 0 Å². The lowest BCUT2D eigenvalue weighted by atomic mass is 9.92. The molecule has 35 atom stereocenters. The van der Waals surface area contributed by atoms with Crippen LogP contribution < -0.4 is 21.3 Å². The smallest absolute Gasteiger partial charge is 0.217 e. The van der Waals surface area contributed by atoms with E-state index in [1.807, 2.05) is 0 Å². The lowest BCUT2D eigenvalue weighted by Gasteiger charge is -2.51. The third-order valence-corrected chi connectivity index (χ3v) is 16.4. The zero-order valence-electron chi connectivity index (χ0n) is 49.1. The maximum atomic E-state index is 12.8. The maximum Gasteiger partial charge on any atom is 0.217 e. The number of carbonyl (C=O) groups is 4. The quantitative estimate of drug-likeness (QED) is 0.0452. The molecule has 7 aliphatic heterocycles. The van der Waals surface area contributed by atoms with Crippen molar-refractivity contribution < 1.29 is 173 Å². The van der Waals surface area contributed by atoms with Gasteiger partial charge in [0.05, 0.1) is 58.4 Å². The fraction of sp³-hybridized carbons (Fsp3) is 0.922. The molecule has 90 heavy (non-hydrogen) atoms. The van der Waals surface area contributed by atoms with Gasteiger partial charge in [-0.1, -0.05) is 0 Å². The number of aliphatic hydroxyl groups is 18. The Hall–Kier alpha value is -3.36. The molecule has 0 radical (unpaired) electrons. The number of hydrogen-bond donors (Lipinski definition) is 22. The molecule has 7 saturated heterocycles. The summed E-state index contributed by atoms with van der Waals surface area (Å²) in [5.41, 5.74) is 0. The molecule has 7 rings (SSSR count). The minimum absolute atomic E-state index is 0.591. The summed E-state index contributed by atoms with van der Waals surface area (Å²) in [5.74, 6) is -3.06. The monoisotopic (exact) mass is 1310 g/mol. The molecular weight excluding hydrogens is 1230 g/mol. The number of nitrogens with one attached hydrogen (secondary N) is 4. The maximum absolute atomic E-state index is 12.8. The Morgan fingerprint density at radius 1 is 0.300 bits per heavy atom. The van der Waals surface area contributed by atoms with Crippen LogP contribution >= 0.6 is 0 Å². The van der Waals surface area contributed by atoms with E-state index in [1.54, 1.807) is 0 Å². The molecule has 14 unspecified atom stereocenters. The van der Waals surface area contributed by atoms with Crippen molar-refractivity contribution >= 4 is 23.6 Å². The molecule has 0 spiro atoms. The van der Waals surface area contributed by atoms with Crippen LogP contribution in [-0.4, -0.2) is 376 Å². The zero-order chi connectivity index (χ0) is 66.5. The molecule has 39 nitrogen and oxygen atoms in total. The Balaban J connectivity index is 1.25. The van der Waals surface area contributed by atoms with Crippen LogP contribution in [-0.2, 0) is 80.8 Å². The summed E-state index contributed by atoms with van der Waals surface area (Å²) < 4.78 is 77.4. The highest BCUT2D eigenvalue weighted by atomic mass is 16.8. The van der Waals surface area contributed by atoms with E-state index < -0.39 is 284 Å². The SMILES string of the molecule is CC(=O)NC1C(O)[C@H](O)[C@H](CO)O[C@H]1O[C@@H]1C(O)[C@H](O)C(CO)O[C@@H]1OCC1O[C@@H](O[C@@H]2C(CO)O[C@@H](O[C@@H]3C(CO)O[C@@H](C)[C@@H](NC(C)=O)C3O)[C@@H](NC(C)=O)C2O)[C@H](O)C(O[C@H]2O[C@H](CO)[C@@H](O)C(O)C2O[C@@H]2OC(CO)[C@@H](O)C(O)[C@@H]2NC(C)=O)[C@@H]1O. The van der Waals surface area contributed by atoms with Gasteiger partial charge >= 0.3 is 0 Å². The highest BCUT2D eigenvalue weighted by Crippen LogP contribution is 2.38. The van der Waals surface area contributed by atoms with Crippen molar-refractivity contribution in [2.75, 3.05) is 46.2 Å². The summed E-state index contributed by atoms with van der Waals surface area (Å²) in [6, 6.07) is -6.32. The second-order valence-electron chi connectivity index (χ2n) is 22.9. The Bertz CT molecular complexity index is 2310. The lowest BCUT2D eigenvalue weighted by Crippen LogP contribution is -2.70. The summed E-state index contributed by atoms with van der Waals surface area (Å²) in [4.78, 5) is 49.7. The van der Waals surface area contributed by atoms with Crippen molar-refractivity contribution in [1.29, 1.82) is 0 Å². The molecule has 7 heterocycles. The van der Waals surface area contributed by atoms with E-state index in [0.29, 0.717) is 0 Å². The Morgan fingerprint density at radius 3 is 1.02 bits per heavy atom. The average Bonchev–Trinajstić information content (AvgIpc) is 2.89. The topological polar surface area (TPSA) is 601 Å². The van der Waals surface area contributed by atoms with Crippen LogP contribution in [0.2, 0.25) is 0 Å². The van der Waals surface area contributed by atoms with Crippen molar-refractivity contribution in [3.8, 4) is 0 Å². The molecule has 4 amide bonds. The first-order chi connectivity index (χ1) is 42.5. The molecular formula is C51H86N4O35. The summed E-state index contributed by atoms with van der Waals surface area (Å²) in [5, 5.41) is 209. The fourth-order valence-corrected chi connectivity index (χ4v) is 11.7. The highest BCUT2D eigenvalue weighted by Gasteiger charge is 2.59. The van der Waals surface area contributed by atoms with Crippen LogP contribution in [0.3, 0.4) is 0 Å². The lowest BCUT2D eigenvalue weighted by molar-refractivity contribution is -0.395. The minimum Gasteiger partial charge on any atom is -0.394 e. The van der Waals surface area contributed by atoms with E-state index in [4.69, 9.17) is 61.6 Å². The largest absolute Gasteiger partial charge is 0.394 e. The van der Waals surface area contributed by atoms with Gasteiger partial charge in [-0.3, -0.25) is 19.2 Å². The summed E-state index contributed by atoms with van der Waals surface area (Å²) in [7, 11) is 0. The Labute approximate surface area is 512 Å². The molecule has 520 valence electrons. The van der Waals surface area contributed by atoms with Crippen molar-refractivity contribution in [2.45, 2.75) is 249 Å². The van der Waals surface area contributed by atoms with E-state index in [2.05, 4.69) is 21.3 Å². The van der Waals surface area contributed by atoms with Gasteiger partial charge in [0, 0.05) is 27.7 Å². The number of ether oxygens (including phenoxy) is 13. The molecule has 0 aromatic rings. The number of hydrogen-bond acceptors (Lipinski definition) is 35. The zero-order valence-corrected chi connectivity index (χ0v) is 49.1. The van der Waals surface area contributed by atoms with Gasteiger partial charge < -0.3 is 175 Å². The second kappa shape index (κ2) is 32.4. The van der Waals surface area contributed by atoms with E-state index in [1.165, 1.54) is 6.92 Å². The number of amides is 4. The minimum atomic E-state index is -2.42. The van der Waals surface area contributed by atoms with Gasteiger partial charge in [0.2, 0.25) is 23.6 Å². The molecule has 7 fully saturated rings. The van der Waals surface area contributed by atoms with Gasteiger partial charge in [-0.15, -0.1) is 0 Å². The van der Waals surface area contributed by atoms with Gasteiger partial charge in [-0.05, 0) is 6.92 Å². The van der Waals surface area contributed by atoms with E-state index >= 15 is 0 Å². The molecule has 0 aliphatic carbocycles. The van der Waals surface area contributed by atoms with E-state index in [0.717, 1.165) is 27.7 Å². The van der Waals surface area contributed by atoms with Crippen molar-refractivity contribution in [2.24, 2.45) is 0 Å². The first kappa shape index (κ1) is 74.0. The number of rotatable bonds is 23. The van der Waals surface area contributed by atoms with Gasteiger partial charge in [0.1, 0.15) is 165 Å². The van der Waals surface area contributed by atoms with Crippen LogP contribution in [0, 0.1) is 0 Å². The molecule has 0 aromatic carbocycles. The standard InChI is InChI=1S/C51H86N4O35/c1-13-25(52-14(2)62)36(73)41(22(10-60)79-13)86-48-28(55-17(5)65)37(74)42(23(11-61)84-48)87-49-40(77)43(88-51-45(39(76)32(69)21(9-59)83-51)90-47-27(54-16(4)64)35(72)30(67)19(7-57)81-47)33(70)24(85-49)12-78-50-44(38(75)31(68)20(8-58)82-50)89-46-26(53-15(3)63)34(71)29(66)18(6-56)80-46/h13,18-51,56-61,66-77H,6-12H2,1-5H3,(H,52,62)(H,53,63)(H,54,64)(H,55,65)/t13-,18-,19?,20?,21+,22?,23?,24?,25+,26?,27-,28-,29+,30+,31+,32+,33+,34?,35?,36?,37?,38?,39?,40+,41+,42+,43?,44+,45?,46-,47-,48-,49-,50-,51+/m0/s1. The normalized spacial score (nSPS) is 47.6. The van der Waals surface area contributed by atoms with Crippen molar-refractivity contribution in [3.05, 3.63) is 0 Å². The third-order valence-electron chi connectivity index (χ3n) is 16.4. The van der Waals surface area contributed by atoms with Gasteiger partial charge in [0.15, 0.2) is 37.7 Å². The summed E-state index contributed by atoms with van der Waals surface area (Å²) >= 11 is 0. The molecule has 0 bridgehead atoms. The summed E-state index contributed by atoms with van der Waals surface area (Å²) in [6.07, 6.45) is -59.7. The Kier molecular flexibility index (Phi) is 26.6. The Morgan fingerprint density at radius 2 is 0.600 bits per heavy atom. The van der Waals surface area contributed by atoms with Crippen LogP contribution in [0.25, 0.3) is 0 Å². The van der Waals surface area contributed by atoms with E-state index in [9.17, 15) is 111 Å². The van der Waals surface area contributed by atoms with Crippen LogP contribution in [0.4, 0.5) is 0 Å². The van der Waals surface area contributed by atoms with Crippen LogP contribution in [0.1, 0.15) is 34.6 Å². The summed E-state index contributed by atoms with van der Waals surface area (Å²) in [6.45, 7) is -1.24. The van der Waals surface area contributed by atoms with Gasteiger partial charge in [0.25, 0.3) is 0 Å². The molecule has 0 aromatic heterocycles. The fourth-order valence-electron chi connectivity index (χ4n) is 11.7. The molecule has 39 heteroatoms. The average molecular weight is 1320 g/mol. The van der Waals surface area contributed by atoms with Gasteiger partial charge in [-0.2, -0.15) is 0 Å². The molecule has 0 saturated carbocycles. The number of carbonyl (C=O) groups excluding carboxylic acids is 4. The van der Waals surface area contributed by atoms with E-state index in [-0.39, 0.29) is 0 Å². The first-order valence-corrected chi connectivity index (χ1v) is 28.9. The number of aliphatic hydroxyl groups excluding tert-OH is 18. The van der Waals surface area contributed by atoms with Gasteiger partial charge in [-0.25, -0.2) is 0 Å².